The van der Waals surface area contributed by atoms with Gasteiger partial charge in [-0.05, 0) is 36.4 Å². The van der Waals surface area contributed by atoms with Crippen LogP contribution in [0.5, 0.6) is 0 Å². The van der Waals surface area contributed by atoms with Crippen molar-refractivity contribution >= 4 is 62.5 Å². The maximum atomic E-state index is 13.8. The molecule has 0 aliphatic heterocycles. The summed E-state index contributed by atoms with van der Waals surface area (Å²) in [5.74, 6) is 5.36. The normalized spacial score (nSPS) is 10.8. The van der Waals surface area contributed by atoms with E-state index in [-0.39, 0.29) is 11.4 Å². The molecule has 1 amide bonds. The highest BCUT2D eigenvalue weighted by molar-refractivity contribution is 9.10. The van der Waals surface area contributed by atoms with Gasteiger partial charge in [-0.3, -0.25) is 4.79 Å². The lowest BCUT2D eigenvalue weighted by molar-refractivity contribution is -0.113. The third kappa shape index (κ3) is 4.73. The summed E-state index contributed by atoms with van der Waals surface area (Å²) >= 11 is 16.3. The van der Waals surface area contributed by atoms with E-state index in [1.165, 1.54) is 16.8 Å². The van der Waals surface area contributed by atoms with Crippen LogP contribution in [0, 0.1) is 5.82 Å². The number of rotatable bonds is 5. The molecule has 6 nitrogen and oxygen atoms in total. The first-order valence-corrected chi connectivity index (χ1v) is 9.92. The largest absolute Gasteiger partial charge is 0.335 e. The van der Waals surface area contributed by atoms with E-state index in [1.807, 2.05) is 0 Å². The summed E-state index contributed by atoms with van der Waals surface area (Å²) in [4.78, 5) is 12.1. The number of nitrogen functional groups attached to an aromatic ring is 1. The molecule has 0 fully saturated rings. The molecule has 0 saturated heterocycles. The SMILES string of the molecule is Nn1c(SCC(=O)Nc2ccc(Br)cc2F)nnc1-c1ccc(Cl)cc1Cl. The molecule has 140 valence electrons. The van der Waals surface area contributed by atoms with Gasteiger partial charge < -0.3 is 11.2 Å². The molecule has 0 bridgehead atoms. The summed E-state index contributed by atoms with van der Waals surface area (Å²) in [6.07, 6.45) is 0. The van der Waals surface area contributed by atoms with Crippen molar-refractivity contribution in [2.24, 2.45) is 0 Å². The van der Waals surface area contributed by atoms with Gasteiger partial charge in [-0.2, -0.15) is 0 Å². The van der Waals surface area contributed by atoms with Crippen LogP contribution in [0.25, 0.3) is 11.4 Å². The number of anilines is 1. The molecule has 27 heavy (non-hydrogen) atoms. The van der Waals surface area contributed by atoms with Gasteiger partial charge in [-0.15, -0.1) is 10.2 Å². The number of benzene rings is 2. The summed E-state index contributed by atoms with van der Waals surface area (Å²) in [5, 5.41) is 11.6. The first-order valence-electron chi connectivity index (χ1n) is 7.39. The number of hydrogen-bond acceptors (Lipinski definition) is 5. The third-order valence-electron chi connectivity index (χ3n) is 3.37. The van der Waals surface area contributed by atoms with E-state index in [1.54, 1.807) is 24.3 Å². The smallest absolute Gasteiger partial charge is 0.234 e. The van der Waals surface area contributed by atoms with Crippen LogP contribution < -0.4 is 11.2 Å². The van der Waals surface area contributed by atoms with Crippen LogP contribution in [0.15, 0.2) is 46.0 Å². The van der Waals surface area contributed by atoms with E-state index in [0.29, 0.717) is 31.1 Å². The number of nitrogens with one attached hydrogen (secondary N) is 1. The summed E-state index contributed by atoms with van der Waals surface area (Å²) in [6, 6.07) is 9.26. The Hall–Kier alpha value is -1.81. The van der Waals surface area contributed by atoms with Gasteiger partial charge in [0, 0.05) is 15.1 Å². The van der Waals surface area contributed by atoms with Gasteiger partial charge >= 0.3 is 0 Å². The minimum absolute atomic E-state index is 0.0286. The number of nitrogens with two attached hydrogens (primary N) is 1. The summed E-state index contributed by atoms with van der Waals surface area (Å²) in [6.45, 7) is 0. The Morgan fingerprint density at radius 3 is 2.74 bits per heavy atom. The first-order chi connectivity index (χ1) is 12.8. The summed E-state index contributed by atoms with van der Waals surface area (Å²) < 4.78 is 15.6. The number of carbonyl (C=O) groups is 1. The second-order valence-electron chi connectivity index (χ2n) is 5.26. The maximum absolute atomic E-state index is 13.8. The van der Waals surface area contributed by atoms with Gasteiger partial charge in [0.05, 0.1) is 16.5 Å². The van der Waals surface area contributed by atoms with Crippen LogP contribution in [-0.4, -0.2) is 26.5 Å². The molecule has 0 atom stereocenters. The Morgan fingerprint density at radius 1 is 1.26 bits per heavy atom. The average Bonchev–Trinajstić information content (AvgIpc) is 2.96. The first kappa shape index (κ1) is 19.9. The lowest BCUT2D eigenvalue weighted by atomic mass is 10.2. The fraction of sp³-hybridized carbons (Fsp3) is 0.0625. The van der Waals surface area contributed by atoms with Crippen molar-refractivity contribution in [1.29, 1.82) is 0 Å². The van der Waals surface area contributed by atoms with Gasteiger partial charge in [0.2, 0.25) is 11.1 Å². The van der Waals surface area contributed by atoms with E-state index in [2.05, 4.69) is 31.4 Å². The zero-order valence-corrected chi connectivity index (χ0v) is 17.3. The maximum Gasteiger partial charge on any atom is 0.234 e. The van der Waals surface area contributed by atoms with Crippen molar-refractivity contribution in [2.75, 3.05) is 16.9 Å². The van der Waals surface area contributed by atoms with Gasteiger partial charge in [-0.1, -0.05) is 50.9 Å². The zero-order valence-electron chi connectivity index (χ0n) is 13.4. The number of amides is 1. The summed E-state index contributed by atoms with van der Waals surface area (Å²) in [5.41, 5.74) is 0.649. The van der Waals surface area contributed by atoms with Gasteiger partial charge in [0.15, 0.2) is 5.82 Å². The fourth-order valence-electron chi connectivity index (χ4n) is 2.14. The van der Waals surface area contributed by atoms with Crippen molar-refractivity contribution in [1.82, 2.24) is 14.9 Å². The molecule has 0 aliphatic carbocycles. The van der Waals surface area contributed by atoms with E-state index >= 15 is 0 Å². The molecular weight excluding hydrogens is 480 g/mol. The number of halogens is 4. The molecule has 3 N–H and O–H groups in total. The highest BCUT2D eigenvalue weighted by Crippen LogP contribution is 2.30. The monoisotopic (exact) mass is 489 g/mol. The Labute approximate surface area is 176 Å². The van der Waals surface area contributed by atoms with Crippen molar-refractivity contribution in [3.8, 4) is 11.4 Å². The van der Waals surface area contributed by atoms with Crippen molar-refractivity contribution in [2.45, 2.75) is 5.16 Å². The second kappa shape index (κ2) is 8.47. The Kier molecular flexibility index (Phi) is 6.25. The molecule has 1 heterocycles. The molecule has 2 aromatic carbocycles. The van der Waals surface area contributed by atoms with Gasteiger partial charge in [0.25, 0.3) is 0 Å². The molecule has 0 spiro atoms. The Balaban J connectivity index is 1.68. The molecular formula is C16H11BrCl2FN5OS. The van der Waals surface area contributed by atoms with Crippen LogP contribution in [0.1, 0.15) is 0 Å². The minimum Gasteiger partial charge on any atom is -0.335 e. The summed E-state index contributed by atoms with van der Waals surface area (Å²) in [7, 11) is 0. The van der Waals surface area contributed by atoms with E-state index in [0.717, 1.165) is 11.8 Å². The molecule has 0 radical (unpaired) electrons. The predicted molar refractivity (Wildman–Crippen MR) is 109 cm³/mol. The predicted octanol–water partition coefficient (Wildman–Crippen LogP) is 4.60. The number of carbonyl (C=O) groups excluding carboxylic acids is 1. The number of hydrogen-bond donors (Lipinski definition) is 2. The van der Waals surface area contributed by atoms with Crippen LogP contribution >= 0.6 is 50.9 Å². The molecule has 0 saturated carbocycles. The quantitative estimate of drug-likeness (QED) is 0.403. The van der Waals surface area contributed by atoms with Gasteiger partial charge in [-0.25, -0.2) is 9.07 Å². The number of aromatic nitrogens is 3. The molecule has 0 aliphatic rings. The topological polar surface area (TPSA) is 85.8 Å². The lowest BCUT2D eigenvalue weighted by Gasteiger charge is -2.07. The molecule has 1 aromatic heterocycles. The molecule has 11 heteroatoms. The van der Waals surface area contributed by atoms with Crippen LogP contribution in [0.4, 0.5) is 10.1 Å². The van der Waals surface area contributed by atoms with Crippen molar-refractivity contribution < 1.29 is 9.18 Å². The van der Waals surface area contributed by atoms with Crippen LogP contribution in [-0.2, 0) is 4.79 Å². The Morgan fingerprint density at radius 2 is 2.04 bits per heavy atom. The van der Waals surface area contributed by atoms with E-state index in [4.69, 9.17) is 29.0 Å². The highest BCUT2D eigenvalue weighted by Gasteiger charge is 2.16. The lowest BCUT2D eigenvalue weighted by Crippen LogP contribution is -2.17. The molecule has 0 unspecified atom stereocenters. The standard InChI is InChI=1S/C16H11BrCl2FN5OS/c17-8-1-4-13(12(20)5-8)22-14(26)7-27-16-24-23-15(25(16)21)10-3-2-9(18)6-11(10)19/h1-6H,7,21H2,(H,22,26). The number of nitrogens with zero attached hydrogens (tertiary/aromatic N) is 3. The molecule has 3 aromatic rings. The average molecular weight is 491 g/mol. The van der Waals surface area contributed by atoms with Crippen molar-refractivity contribution in [3.63, 3.8) is 0 Å². The third-order valence-corrected chi connectivity index (χ3v) is 5.36. The fourth-order valence-corrected chi connectivity index (χ4v) is 3.62. The van der Waals surface area contributed by atoms with Crippen LogP contribution in [0.2, 0.25) is 10.0 Å². The van der Waals surface area contributed by atoms with E-state index < -0.39 is 11.7 Å². The highest BCUT2D eigenvalue weighted by atomic mass is 79.9. The Bertz CT molecular complexity index is 1020. The minimum atomic E-state index is -0.538. The number of thioether (sulfide) groups is 1. The van der Waals surface area contributed by atoms with Crippen LogP contribution in [0.3, 0.4) is 0 Å². The second-order valence-corrected chi connectivity index (χ2v) is 7.96. The van der Waals surface area contributed by atoms with E-state index in [9.17, 15) is 9.18 Å². The zero-order chi connectivity index (χ0) is 19.6. The molecule has 3 rings (SSSR count). The van der Waals surface area contributed by atoms with Crippen molar-refractivity contribution in [3.05, 3.63) is 56.7 Å². The van der Waals surface area contributed by atoms with Gasteiger partial charge in [0.1, 0.15) is 5.82 Å².